The topological polar surface area (TPSA) is 52.7 Å². The zero-order valence-electron chi connectivity index (χ0n) is 14.7. The molecule has 1 aromatic rings. The normalized spacial score (nSPS) is 23.3. The van der Waals surface area contributed by atoms with E-state index in [1.165, 1.54) is 0 Å². The van der Waals surface area contributed by atoms with Crippen molar-refractivity contribution in [3.05, 3.63) is 33.8 Å². The highest BCUT2D eigenvalue weighted by atomic mass is 35.5. The van der Waals surface area contributed by atoms with Crippen molar-refractivity contribution in [1.82, 2.24) is 15.1 Å². The van der Waals surface area contributed by atoms with E-state index in [0.717, 1.165) is 19.4 Å². The van der Waals surface area contributed by atoms with Gasteiger partial charge < -0.3 is 15.1 Å². The number of carbonyl (C=O) groups is 2. The van der Waals surface area contributed by atoms with Crippen LogP contribution in [0.3, 0.4) is 0 Å². The van der Waals surface area contributed by atoms with Crippen LogP contribution in [0.4, 0.5) is 0 Å². The fourth-order valence-electron chi connectivity index (χ4n) is 3.58. The van der Waals surface area contributed by atoms with E-state index in [1.807, 2.05) is 4.90 Å². The van der Waals surface area contributed by atoms with Crippen molar-refractivity contribution in [3.8, 4) is 0 Å². The number of amides is 2. The molecule has 0 bridgehead atoms. The van der Waals surface area contributed by atoms with Crippen molar-refractivity contribution in [1.29, 1.82) is 0 Å². The molecule has 144 valence electrons. The van der Waals surface area contributed by atoms with Gasteiger partial charge in [-0.25, -0.2) is 0 Å². The minimum absolute atomic E-state index is 0. The van der Waals surface area contributed by atoms with Gasteiger partial charge in [0, 0.05) is 43.2 Å². The van der Waals surface area contributed by atoms with Gasteiger partial charge in [0.2, 0.25) is 5.91 Å². The standard InChI is InChI=1S/C18H23Cl2N3O2.ClH/c1-12-10-13(4-5-21-12)17(24)22-6-8-23(9-7-22)18(25)15-3-2-14(19)11-16(15)20;/h2-3,11-13,21H,4-10H2,1H3;1H/t12-,13-;/m0./s1. The first-order valence-corrected chi connectivity index (χ1v) is 9.48. The summed E-state index contributed by atoms with van der Waals surface area (Å²) in [6.45, 7) is 5.23. The van der Waals surface area contributed by atoms with E-state index in [0.29, 0.717) is 47.8 Å². The molecule has 0 saturated carbocycles. The maximum atomic E-state index is 12.7. The first-order valence-electron chi connectivity index (χ1n) is 8.72. The smallest absolute Gasteiger partial charge is 0.255 e. The number of rotatable bonds is 2. The minimum Gasteiger partial charge on any atom is -0.339 e. The number of nitrogens with one attached hydrogen (secondary N) is 1. The van der Waals surface area contributed by atoms with Crippen molar-refractivity contribution in [2.24, 2.45) is 5.92 Å². The largest absolute Gasteiger partial charge is 0.339 e. The van der Waals surface area contributed by atoms with Crippen molar-refractivity contribution < 1.29 is 9.59 Å². The molecule has 2 aliphatic rings. The predicted octanol–water partition coefficient (Wildman–Crippen LogP) is 3.09. The molecular weight excluding hydrogens is 397 g/mol. The number of piperidine rings is 1. The van der Waals surface area contributed by atoms with Crippen LogP contribution >= 0.6 is 35.6 Å². The van der Waals surface area contributed by atoms with Gasteiger partial charge in [0.15, 0.2) is 0 Å². The number of piperazine rings is 1. The van der Waals surface area contributed by atoms with Crippen LogP contribution in [0.15, 0.2) is 18.2 Å². The third kappa shape index (κ3) is 4.83. The van der Waals surface area contributed by atoms with E-state index in [4.69, 9.17) is 23.2 Å². The summed E-state index contributed by atoms with van der Waals surface area (Å²) in [7, 11) is 0. The van der Waals surface area contributed by atoms with Gasteiger partial charge in [0.1, 0.15) is 0 Å². The molecule has 26 heavy (non-hydrogen) atoms. The number of hydrogen-bond acceptors (Lipinski definition) is 3. The maximum Gasteiger partial charge on any atom is 0.255 e. The third-order valence-electron chi connectivity index (χ3n) is 5.01. The molecule has 2 amide bonds. The lowest BCUT2D eigenvalue weighted by molar-refractivity contribution is -0.138. The van der Waals surface area contributed by atoms with Crippen molar-refractivity contribution in [2.75, 3.05) is 32.7 Å². The van der Waals surface area contributed by atoms with Gasteiger partial charge in [-0.15, -0.1) is 12.4 Å². The predicted molar refractivity (Wildman–Crippen MR) is 106 cm³/mol. The molecule has 5 nitrogen and oxygen atoms in total. The number of halogens is 3. The quantitative estimate of drug-likeness (QED) is 0.800. The Labute approximate surface area is 170 Å². The van der Waals surface area contributed by atoms with Crippen LogP contribution in [-0.2, 0) is 4.79 Å². The molecule has 2 saturated heterocycles. The number of nitrogens with zero attached hydrogens (tertiary/aromatic N) is 2. The molecule has 1 aromatic carbocycles. The molecular formula is C18H24Cl3N3O2. The van der Waals surface area contributed by atoms with E-state index >= 15 is 0 Å². The van der Waals surface area contributed by atoms with E-state index in [1.54, 1.807) is 23.1 Å². The van der Waals surface area contributed by atoms with Gasteiger partial charge in [0.05, 0.1) is 10.6 Å². The second-order valence-electron chi connectivity index (χ2n) is 6.82. The summed E-state index contributed by atoms with van der Waals surface area (Å²) in [5.74, 6) is 0.221. The number of hydrogen-bond donors (Lipinski definition) is 1. The van der Waals surface area contributed by atoms with Crippen LogP contribution in [0.2, 0.25) is 10.0 Å². The van der Waals surface area contributed by atoms with Gasteiger partial charge in [-0.05, 0) is 44.5 Å². The van der Waals surface area contributed by atoms with Crippen molar-refractivity contribution in [3.63, 3.8) is 0 Å². The Morgan fingerprint density at radius 2 is 1.77 bits per heavy atom. The highest BCUT2D eigenvalue weighted by molar-refractivity contribution is 6.36. The Balaban J connectivity index is 0.00000243. The molecule has 2 fully saturated rings. The maximum absolute atomic E-state index is 12.7. The summed E-state index contributed by atoms with van der Waals surface area (Å²) >= 11 is 12.0. The minimum atomic E-state index is -0.107. The van der Waals surface area contributed by atoms with Crippen molar-refractivity contribution in [2.45, 2.75) is 25.8 Å². The molecule has 1 N–H and O–H groups in total. The molecule has 0 radical (unpaired) electrons. The van der Waals surface area contributed by atoms with E-state index in [-0.39, 0.29) is 30.1 Å². The lowest BCUT2D eigenvalue weighted by Crippen LogP contribution is -2.53. The molecule has 2 heterocycles. The van der Waals surface area contributed by atoms with Gasteiger partial charge in [-0.2, -0.15) is 0 Å². The summed E-state index contributed by atoms with van der Waals surface area (Å²) < 4.78 is 0. The Morgan fingerprint density at radius 3 is 2.38 bits per heavy atom. The van der Waals surface area contributed by atoms with Gasteiger partial charge in [-0.1, -0.05) is 23.2 Å². The van der Waals surface area contributed by atoms with E-state index < -0.39 is 0 Å². The number of carbonyl (C=O) groups excluding carboxylic acids is 2. The highest BCUT2D eigenvalue weighted by Crippen LogP contribution is 2.24. The van der Waals surface area contributed by atoms with Crippen molar-refractivity contribution >= 4 is 47.4 Å². The summed E-state index contributed by atoms with van der Waals surface area (Å²) in [4.78, 5) is 29.0. The lowest BCUT2D eigenvalue weighted by Gasteiger charge is -2.38. The SMILES string of the molecule is C[C@H]1C[C@@H](C(=O)N2CCN(C(=O)c3ccc(Cl)cc3Cl)CC2)CCN1.Cl. The van der Waals surface area contributed by atoms with Crippen LogP contribution in [0.1, 0.15) is 30.1 Å². The molecule has 0 spiro atoms. The van der Waals surface area contributed by atoms with Crippen LogP contribution < -0.4 is 5.32 Å². The van der Waals surface area contributed by atoms with Crippen LogP contribution in [0, 0.1) is 5.92 Å². The molecule has 2 atom stereocenters. The molecule has 0 aliphatic carbocycles. The zero-order valence-corrected chi connectivity index (χ0v) is 17.0. The highest BCUT2D eigenvalue weighted by Gasteiger charge is 2.31. The van der Waals surface area contributed by atoms with E-state index in [9.17, 15) is 9.59 Å². The molecule has 2 aliphatic heterocycles. The average Bonchev–Trinajstić information content (AvgIpc) is 2.61. The first kappa shape index (κ1) is 21.3. The number of benzene rings is 1. The Kier molecular flexibility index (Phi) is 7.59. The van der Waals surface area contributed by atoms with Gasteiger partial charge in [-0.3, -0.25) is 9.59 Å². The van der Waals surface area contributed by atoms with E-state index in [2.05, 4.69) is 12.2 Å². The average molecular weight is 421 g/mol. The fraction of sp³-hybridized carbons (Fsp3) is 0.556. The van der Waals surface area contributed by atoms with Gasteiger partial charge in [0.25, 0.3) is 5.91 Å². The van der Waals surface area contributed by atoms with Gasteiger partial charge >= 0.3 is 0 Å². The molecule has 0 unspecified atom stereocenters. The lowest BCUT2D eigenvalue weighted by atomic mass is 9.92. The van der Waals surface area contributed by atoms with Crippen LogP contribution in [0.5, 0.6) is 0 Å². The Hall–Kier alpha value is -1.01. The monoisotopic (exact) mass is 419 g/mol. The second-order valence-corrected chi connectivity index (χ2v) is 7.66. The summed E-state index contributed by atoms with van der Waals surface area (Å²) in [6.07, 6.45) is 1.78. The molecule has 0 aromatic heterocycles. The molecule has 8 heteroatoms. The zero-order chi connectivity index (χ0) is 18.0. The third-order valence-corrected chi connectivity index (χ3v) is 5.56. The van der Waals surface area contributed by atoms with Crippen LogP contribution in [0.25, 0.3) is 0 Å². The van der Waals surface area contributed by atoms with Crippen LogP contribution in [-0.4, -0.2) is 60.4 Å². The summed E-state index contributed by atoms with van der Waals surface area (Å²) in [6, 6.07) is 5.28. The molecule has 3 rings (SSSR count). The Bertz CT molecular complexity index is 663. The second kappa shape index (κ2) is 9.27. The summed E-state index contributed by atoms with van der Waals surface area (Å²) in [5, 5.41) is 4.24. The first-order chi connectivity index (χ1) is 12.0. The summed E-state index contributed by atoms with van der Waals surface area (Å²) in [5.41, 5.74) is 0.457. The fourth-order valence-corrected chi connectivity index (χ4v) is 4.07. The Morgan fingerprint density at radius 1 is 1.12 bits per heavy atom.